The first-order chi connectivity index (χ1) is 13.6. The molecule has 1 atom stereocenters. The number of hydrogen-bond donors (Lipinski definition) is 2. The van der Waals surface area contributed by atoms with Crippen LogP contribution < -0.4 is 15.5 Å². The van der Waals surface area contributed by atoms with Gasteiger partial charge < -0.3 is 5.32 Å². The highest BCUT2D eigenvalue weighted by Gasteiger charge is 2.45. The molecule has 1 heterocycles. The van der Waals surface area contributed by atoms with Crippen molar-refractivity contribution < 1.29 is 19.2 Å². The normalized spacial score (nSPS) is 16.8. The zero-order chi connectivity index (χ0) is 19.7. The van der Waals surface area contributed by atoms with Crippen molar-refractivity contribution in [3.8, 4) is 0 Å². The second-order valence-corrected chi connectivity index (χ2v) is 6.25. The minimum atomic E-state index is -1.67. The van der Waals surface area contributed by atoms with Gasteiger partial charge in [-0.15, -0.1) is 0 Å². The molecular weight excluding hydrogens is 358 g/mol. The standard InChI is InChI=1S/C21H15N3O4/c25-18(22-16-12-6-8-13-7-4-5-11-15(13)16)17-19(26)23-21(28)24(20(17)27)14-9-2-1-3-10-14/h1-12,17H,(H,22,25)(H,23,26,28). The van der Waals surface area contributed by atoms with Crippen molar-refractivity contribution in [1.82, 2.24) is 5.32 Å². The molecular formula is C21H15N3O4. The van der Waals surface area contributed by atoms with E-state index in [1.165, 1.54) is 0 Å². The van der Waals surface area contributed by atoms with Crippen LogP contribution in [0.4, 0.5) is 16.2 Å². The molecule has 1 fully saturated rings. The lowest BCUT2D eigenvalue weighted by molar-refractivity contribution is -0.139. The number of para-hydroxylation sites is 1. The topological polar surface area (TPSA) is 95.6 Å². The molecule has 1 aliphatic rings. The summed E-state index contributed by atoms with van der Waals surface area (Å²) in [5, 5.41) is 6.40. The molecule has 3 aromatic rings. The van der Waals surface area contributed by atoms with Crippen molar-refractivity contribution in [2.45, 2.75) is 0 Å². The minimum absolute atomic E-state index is 0.278. The quantitative estimate of drug-likeness (QED) is 0.690. The van der Waals surface area contributed by atoms with E-state index in [9.17, 15) is 19.2 Å². The van der Waals surface area contributed by atoms with Gasteiger partial charge in [-0.2, -0.15) is 0 Å². The van der Waals surface area contributed by atoms with Crippen LogP contribution in [0.2, 0.25) is 0 Å². The summed E-state index contributed by atoms with van der Waals surface area (Å²) in [7, 11) is 0. The molecule has 0 aromatic heterocycles. The number of amides is 5. The number of imide groups is 2. The highest BCUT2D eigenvalue weighted by Crippen LogP contribution is 2.25. The smallest absolute Gasteiger partial charge is 0.324 e. The molecule has 28 heavy (non-hydrogen) atoms. The third kappa shape index (κ3) is 2.99. The van der Waals surface area contributed by atoms with Crippen LogP contribution in [0.3, 0.4) is 0 Å². The minimum Gasteiger partial charge on any atom is -0.324 e. The molecule has 1 unspecified atom stereocenters. The maximum Gasteiger partial charge on any atom is 0.335 e. The number of urea groups is 1. The largest absolute Gasteiger partial charge is 0.335 e. The lowest BCUT2D eigenvalue weighted by Crippen LogP contribution is -2.61. The Kier molecular flexibility index (Phi) is 4.33. The van der Waals surface area contributed by atoms with Gasteiger partial charge in [-0.3, -0.25) is 19.7 Å². The van der Waals surface area contributed by atoms with Crippen molar-refractivity contribution >= 4 is 45.9 Å². The molecule has 7 nitrogen and oxygen atoms in total. The Hall–Kier alpha value is -4.00. The number of rotatable bonds is 3. The van der Waals surface area contributed by atoms with Crippen molar-refractivity contribution in [2.24, 2.45) is 5.92 Å². The molecule has 7 heteroatoms. The molecule has 4 rings (SSSR count). The highest BCUT2D eigenvalue weighted by atomic mass is 16.2. The zero-order valence-electron chi connectivity index (χ0n) is 14.6. The third-order valence-corrected chi connectivity index (χ3v) is 4.49. The molecule has 1 aliphatic heterocycles. The molecule has 0 aliphatic carbocycles. The van der Waals surface area contributed by atoms with E-state index in [1.54, 1.807) is 42.5 Å². The summed E-state index contributed by atoms with van der Waals surface area (Å²) in [6.45, 7) is 0. The van der Waals surface area contributed by atoms with E-state index in [-0.39, 0.29) is 5.69 Å². The summed E-state index contributed by atoms with van der Waals surface area (Å²) in [5.41, 5.74) is 0.757. The van der Waals surface area contributed by atoms with Crippen molar-refractivity contribution in [2.75, 3.05) is 10.2 Å². The molecule has 138 valence electrons. The monoisotopic (exact) mass is 373 g/mol. The summed E-state index contributed by atoms with van der Waals surface area (Å²) in [4.78, 5) is 50.8. The van der Waals surface area contributed by atoms with Crippen molar-refractivity contribution in [3.05, 3.63) is 72.8 Å². The predicted octanol–water partition coefficient (Wildman–Crippen LogP) is 2.68. The number of nitrogens with zero attached hydrogens (tertiary/aromatic N) is 1. The molecule has 0 spiro atoms. The number of benzene rings is 3. The lowest BCUT2D eigenvalue weighted by atomic mass is 10.0. The van der Waals surface area contributed by atoms with E-state index in [0.29, 0.717) is 5.69 Å². The average molecular weight is 373 g/mol. The molecule has 3 aromatic carbocycles. The van der Waals surface area contributed by atoms with E-state index < -0.39 is 29.7 Å². The molecule has 5 amide bonds. The summed E-state index contributed by atoms with van der Waals surface area (Å²) in [5.74, 6) is -4.30. The molecule has 2 N–H and O–H groups in total. The van der Waals surface area contributed by atoms with Crippen LogP contribution in [0.25, 0.3) is 10.8 Å². The van der Waals surface area contributed by atoms with E-state index in [2.05, 4.69) is 10.6 Å². The molecule has 0 radical (unpaired) electrons. The number of hydrogen-bond acceptors (Lipinski definition) is 4. The van der Waals surface area contributed by atoms with E-state index in [1.807, 2.05) is 30.3 Å². The number of anilines is 2. The van der Waals surface area contributed by atoms with Gasteiger partial charge in [-0.05, 0) is 23.6 Å². The third-order valence-electron chi connectivity index (χ3n) is 4.49. The van der Waals surface area contributed by atoms with Crippen LogP contribution in [0, 0.1) is 5.92 Å². The molecule has 1 saturated heterocycles. The Morgan fingerprint density at radius 1 is 0.857 bits per heavy atom. The van der Waals surface area contributed by atoms with Crippen LogP contribution in [0.15, 0.2) is 72.8 Å². The van der Waals surface area contributed by atoms with E-state index in [0.717, 1.165) is 15.7 Å². The van der Waals surface area contributed by atoms with Crippen LogP contribution in [-0.4, -0.2) is 23.8 Å². The van der Waals surface area contributed by atoms with Gasteiger partial charge in [0.05, 0.1) is 5.69 Å². The Morgan fingerprint density at radius 3 is 2.32 bits per heavy atom. The first-order valence-corrected chi connectivity index (χ1v) is 8.59. The molecule has 0 bridgehead atoms. The molecule has 0 saturated carbocycles. The Morgan fingerprint density at radius 2 is 1.54 bits per heavy atom. The van der Waals surface area contributed by atoms with Gasteiger partial charge in [-0.25, -0.2) is 9.69 Å². The van der Waals surface area contributed by atoms with Gasteiger partial charge in [0, 0.05) is 11.1 Å². The van der Waals surface area contributed by atoms with Crippen LogP contribution >= 0.6 is 0 Å². The van der Waals surface area contributed by atoms with Crippen molar-refractivity contribution in [3.63, 3.8) is 0 Å². The zero-order valence-corrected chi connectivity index (χ0v) is 14.6. The number of nitrogens with one attached hydrogen (secondary N) is 2. The highest BCUT2D eigenvalue weighted by molar-refractivity contribution is 6.35. The Bertz CT molecular complexity index is 1110. The van der Waals surface area contributed by atoms with Gasteiger partial charge in [-0.1, -0.05) is 54.6 Å². The van der Waals surface area contributed by atoms with Gasteiger partial charge >= 0.3 is 6.03 Å². The second kappa shape index (κ2) is 6.96. The number of carbonyl (C=O) groups is 4. The van der Waals surface area contributed by atoms with Crippen LogP contribution in [-0.2, 0) is 14.4 Å². The number of fused-ring (bicyclic) bond motifs is 1. The van der Waals surface area contributed by atoms with E-state index >= 15 is 0 Å². The van der Waals surface area contributed by atoms with Gasteiger partial charge in [0.15, 0.2) is 5.92 Å². The summed E-state index contributed by atoms with van der Waals surface area (Å²) in [6.07, 6.45) is 0. The maximum atomic E-state index is 12.8. The number of carbonyl (C=O) groups excluding carboxylic acids is 4. The van der Waals surface area contributed by atoms with Gasteiger partial charge in [0.1, 0.15) is 0 Å². The van der Waals surface area contributed by atoms with Crippen LogP contribution in [0.1, 0.15) is 0 Å². The summed E-state index contributed by atoms with van der Waals surface area (Å²) < 4.78 is 0. The first-order valence-electron chi connectivity index (χ1n) is 8.59. The predicted molar refractivity (Wildman–Crippen MR) is 104 cm³/mol. The summed E-state index contributed by atoms with van der Waals surface area (Å²) in [6, 6.07) is 20.0. The Labute approximate surface area is 159 Å². The maximum absolute atomic E-state index is 12.8. The fourth-order valence-corrected chi connectivity index (χ4v) is 3.17. The summed E-state index contributed by atoms with van der Waals surface area (Å²) >= 11 is 0. The van der Waals surface area contributed by atoms with Gasteiger partial charge in [0.2, 0.25) is 11.8 Å². The first kappa shape index (κ1) is 17.4. The lowest BCUT2D eigenvalue weighted by Gasteiger charge is -2.29. The second-order valence-electron chi connectivity index (χ2n) is 6.25. The fourth-order valence-electron chi connectivity index (χ4n) is 3.17. The Balaban J connectivity index is 1.65. The average Bonchev–Trinajstić information content (AvgIpc) is 2.69. The van der Waals surface area contributed by atoms with Gasteiger partial charge in [0.25, 0.3) is 5.91 Å². The fraction of sp³-hybridized carbons (Fsp3) is 0.0476. The van der Waals surface area contributed by atoms with Crippen molar-refractivity contribution in [1.29, 1.82) is 0 Å². The van der Waals surface area contributed by atoms with Crippen LogP contribution in [0.5, 0.6) is 0 Å². The number of barbiturate groups is 1. The SMILES string of the molecule is O=C1NC(=O)N(c2ccccc2)C(=O)C1C(=O)Nc1cccc2ccccc12. The van der Waals surface area contributed by atoms with E-state index in [4.69, 9.17) is 0 Å².